The van der Waals surface area contributed by atoms with Crippen molar-refractivity contribution >= 4 is 0 Å². The van der Waals surface area contributed by atoms with Gasteiger partial charge in [-0.2, -0.15) is 10.2 Å². The van der Waals surface area contributed by atoms with Gasteiger partial charge < -0.3 is 0 Å². The molecule has 0 N–H and O–H groups in total. The molecule has 0 aliphatic heterocycles. The molecule has 0 radical (unpaired) electrons. The zero-order chi connectivity index (χ0) is 11.1. The van der Waals surface area contributed by atoms with Gasteiger partial charge in [0.1, 0.15) is 5.69 Å². The average molecular weight is 204 g/mol. The van der Waals surface area contributed by atoms with Crippen molar-refractivity contribution in [3.05, 3.63) is 30.4 Å². The number of hydrogen-bond acceptors (Lipinski definition) is 2. The van der Waals surface area contributed by atoms with Crippen LogP contribution in [0.1, 0.15) is 26.5 Å². The Kier molecular flexibility index (Phi) is 2.14. The lowest BCUT2D eigenvalue weighted by Gasteiger charge is -2.14. The van der Waals surface area contributed by atoms with Crippen molar-refractivity contribution in [1.29, 1.82) is 0 Å². The number of rotatable bonds is 1. The van der Waals surface area contributed by atoms with Crippen molar-refractivity contribution in [3.63, 3.8) is 0 Å². The van der Waals surface area contributed by atoms with Crippen LogP contribution in [0.5, 0.6) is 0 Å². The van der Waals surface area contributed by atoms with Crippen LogP contribution in [0.2, 0.25) is 0 Å². The fourth-order valence-corrected chi connectivity index (χ4v) is 1.39. The second-order valence-corrected chi connectivity index (χ2v) is 4.77. The first kappa shape index (κ1) is 9.96. The summed E-state index contributed by atoms with van der Waals surface area (Å²) < 4.78 is 3.63. The summed E-state index contributed by atoms with van der Waals surface area (Å²) in [5.74, 6) is 0. The van der Waals surface area contributed by atoms with Crippen molar-refractivity contribution in [2.24, 2.45) is 7.05 Å². The highest BCUT2D eigenvalue weighted by Crippen LogP contribution is 2.20. The van der Waals surface area contributed by atoms with Gasteiger partial charge in [-0.15, -0.1) is 0 Å². The molecule has 2 heterocycles. The quantitative estimate of drug-likeness (QED) is 0.711. The van der Waals surface area contributed by atoms with Gasteiger partial charge in [-0.1, -0.05) is 20.8 Å². The standard InChI is InChI=1S/C11H16N4/c1-11(2,3)10-5-6-15(13-10)9-7-12-14(4)8-9/h5-8H,1-4H3. The van der Waals surface area contributed by atoms with Crippen LogP contribution in [0.15, 0.2) is 24.7 Å². The highest BCUT2D eigenvalue weighted by atomic mass is 15.3. The molecular formula is C11H16N4. The molecule has 0 saturated heterocycles. The van der Waals surface area contributed by atoms with Crippen molar-refractivity contribution in [2.75, 3.05) is 0 Å². The molecule has 0 aromatic carbocycles. The van der Waals surface area contributed by atoms with Crippen LogP contribution in [0.4, 0.5) is 0 Å². The summed E-state index contributed by atoms with van der Waals surface area (Å²) >= 11 is 0. The molecule has 2 aromatic heterocycles. The fourth-order valence-electron chi connectivity index (χ4n) is 1.39. The molecule has 15 heavy (non-hydrogen) atoms. The van der Waals surface area contributed by atoms with E-state index in [4.69, 9.17) is 0 Å². The summed E-state index contributed by atoms with van der Waals surface area (Å²) in [6, 6.07) is 2.05. The molecule has 80 valence electrons. The van der Waals surface area contributed by atoms with Crippen molar-refractivity contribution in [2.45, 2.75) is 26.2 Å². The maximum Gasteiger partial charge on any atom is 0.102 e. The monoisotopic (exact) mass is 204 g/mol. The first-order valence-corrected chi connectivity index (χ1v) is 5.02. The van der Waals surface area contributed by atoms with Crippen LogP contribution in [0.3, 0.4) is 0 Å². The maximum absolute atomic E-state index is 4.53. The summed E-state index contributed by atoms with van der Waals surface area (Å²) in [5.41, 5.74) is 2.17. The number of aryl methyl sites for hydroxylation is 1. The Labute approximate surface area is 89.5 Å². The van der Waals surface area contributed by atoms with E-state index in [1.54, 1.807) is 10.9 Å². The smallest absolute Gasteiger partial charge is 0.102 e. The number of aromatic nitrogens is 4. The summed E-state index contributed by atoms with van der Waals surface area (Å²) in [6.45, 7) is 6.47. The predicted molar refractivity (Wildman–Crippen MR) is 59.0 cm³/mol. The second-order valence-electron chi connectivity index (χ2n) is 4.77. The van der Waals surface area contributed by atoms with Crippen LogP contribution < -0.4 is 0 Å². The lowest BCUT2D eigenvalue weighted by Crippen LogP contribution is -2.12. The minimum atomic E-state index is 0.0907. The zero-order valence-electron chi connectivity index (χ0n) is 9.60. The van der Waals surface area contributed by atoms with Crippen LogP contribution in [-0.2, 0) is 12.5 Å². The van der Waals surface area contributed by atoms with Gasteiger partial charge in [0.2, 0.25) is 0 Å². The van der Waals surface area contributed by atoms with E-state index in [-0.39, 0.29) is 5.41 Å². The maximum atomic E-state index is 4.53. The van der Waals surface area contributed by atoms with Gasteiger partial charge in [0.25, 0.3) is 0 Å². The largest absolute Gasteiger partial charge is 0.274 e. The van der Waals surface area contributed by atoms with Gasteiger partial charge in [-0.3, -0.25) is 4.68 Å². The molecule has 4 nitrogen and oxygen atoms in total. The molecule has 0 aliphatic carbocycles. The van der Waals surface area contributed by atoms with Crippen molar-refractivity contribution < 1.29 is 0 Å². The van der Waals surface area contributed by atoms with E-state index in [0.29, 0.717) is 0 Å². The van der Waals surface area contributed by atoms with Crippen molar-refractivity contribution in [1.82, 2.24) is 19.6 Å². The summed E-state index contributed by atoms with van der Waals surface area (Å²) in [4.78, 5) is 0. The van der Waals surface area contributed by atoms with Gasteiger partial charge in [0.15, 0.2) is 0 Å². The Balaban J connectivity index is 2.36. The van der Waals surface area contributed by atoms with Gasteiger partial charge in [-0.05, 0) is 6.07 Å². The summed E-state index contributed by atoms with van der Waals surface area (Å²) in [5, 5.41) is 8.65. The Hall–Kier alpha value is -1.58. The lowest BCUT2D eigenvalue weighted by molar-refractivity contribution is 0.560. The molecule has 0 bridgehead atoms. The van der Waals surface area contributed by atoms with E-state index in [0.717, 1.165) is 11.4 Å². The molecule has 4 heteroatoms. The lowest BCUT2D eigenvalue weighted by atomic mass is 9.93. The van der Waals surface area contributed by atoms with Crippen LogP contribution in [-0.4, -0.2) is 19.6 Å². The minimum Gasteiger partial charge on any atom is -0.274 e. The van der Waals surface area contributed by atoms with Gasteiger partial charge in [0.05, 0.1) is 18.1 Å². The molecule has 0 saturated carbocycles. The van der Waals surface area contributed by atoms with E-state index in [9.17, 15) is 0 Å². The topological polar surface area (TPSA) is 35.6 Å². The minimum absolute atomic E-state index is 0.0907. The average Bonchev–Trinajstić information content (AvgIpc) is 2.69. The third-order valence-electron chi connectivity index (χ3n) is 2.31. The summed E-state index contributed by atoms with van der Waals surface area (Å²) in [6.07, 6.45) is 5.72. The zero-order valence-corrected chi connectivity index (χ0v) is 9.60. The Morgan fingerprint density at radius 3 is 2.47 bits per heavy atom. The van der Waals surface area contributed by atoms with Gasteiger partial charge in [0, 0.05) is 18.7 Å². The Morgan fingerprint density at radius 1 is 1.27 bits per heavy atom. The molecule has 0 atom stereocenters. The van der Waals surface area contributed by atoms with E-state index in [2.05, 4.69) is 31.0 Å². The molecule has 0 fully saturated rings. The van der Waals surface area contributed by atoms with Crippen LogP contribution in [0.25, 0.3) is 5.69 Å². The highest BCUT2D eigenvalue weighted by molar-refractivity contribution is 5.25. The first-order chi connectivity index (χ1) is 6.97. The Bertz CT molecular complexity index is 459. The number of hydrogen-bond donors (Lipinski definition) is 0. The predicted octanol–water partition coefficient (Wildman–Crippen LogP) is 1.90. The SMILES string of the molecule is Cn1cc(-n2ccc(C(C)(C)C)n2)cn1. The van der Waals surface area contributed by atoms with Gasteiger partial charge >= 0.3 is 0 Å². The van der Waals surface area contributed by atoms with E-state index in [1.165, 1.54) is 0 Å². The molecule has 0 unspecified atom stereocenters. The van der Waals surface area contributed by atoms with Gasteiger partial charge in [-0.25, -0.2) is 4.68 Å². The molecule has 2 rings (SSSR count). The van der Waals surface area contributed by atoms with Crippen LogP contribution >= 0.6 is 0 Å². The van der Waals surface area contributed by atoms with E-state index in [1.807, 2.05) is 30.2 Å². The van der Waals surface area contributed by atoms with Crippen molar-refractivity contribution in [3.8, 4) is 5.69 Å². The van der Waals surface area contributed by atoms with E-state index < -0.39 is 0 Å². The second kappa shape index (κ2) is 3.22. The first-order valence-electron chi connectivity index (χ1n) is 5.02. The Morgan fingerprint density at radius 2 is 2.00 bits per heavy atom. The normalized spacial score (nSPS) is 12.0. The fraction of sp³-hybridized carbons (Fsp3) is 0.455. The molecule has 2 aromatic rings. The number of nitrogens with zero attached hydrogens (tertiary/aromatic N) is 4. The molecular weight excluding hydrogens is 188 g/mol. The summed E-state index contributed by atoms with van der Waals surface area (Å²) in [7, 11) is 1.90. The van der Waals surface area contributed by atoms with E-state index >= 15 is 0 Å². The third-order valence-corrected chi connectivity index (χ3v) is 2.31. The molecule has 0 spiro atoms. The molecule has 0 aliphatic rings. The highest BCUT2D eigenvalue weighted by Gasteiger charge is 2.17. The third kappa shape index (κ3) is 1.93. The van der Waals surface area contributed by atoms with Crippen LogP contribution in [0, 0.1) is 0 Å². The molecule has 0 amide bonds.